The van der Waals surface area contributed by atoms with E-state index in [0.29, 0.717) is 50.4 Å². The summed E-state index contributed by atoms with van der Waals surface area (Å²) in [5.41, 5.74) is 4.76. The number of ketones is 1. The quantitative estimate of drug-likeness (QED) is 0.207. The molecule has 8 nitrogen and oxygen atoms in total. The Balaban J connectivity index is 0.00000181. The number of halogens is 2. The lowest BCUT2D eigenvalue weighted by atomic mass is 9.86. The number of benzene rings is 2. The second-order valence-corrected chi connectivity index (χ2v) is 7.20. The molecular formula is C22H29Cl2N5O3. The Kier molecular flexibility index (Phi) is 9.89. The Morgan fingerprint density at radius 2 is 1.53 bits per heavy atom. The summed E-state index contributed by atoms with van der Waals surface area (Å²) < 4.78 is 1.93. The standard InChI is InChI=1S/C22H27N5O3.2ClH/c28-13-10-23-7-8-25-17-5-6-18-20-19(17)22(30)16-4-2-1-3-15(16)21(20)26-27(18)12-9-24-11-14-29;;/h1-6,23-25,28-29H,7-14H2;2*1H. The lowest BCUT2D eigenvalue weighted by Crippen LogP contribution is -2.25. The maximum Gasteiger partial charge on any atom is 0.196 e. The molecule has 5 N–H and O–H groups in total. The van der Waals surface area contributed by atoms with Crippen molar-refractivity contribution in [1.82, 2.24) is 20.4 Å². The predicted octanol–water partition coefficient (Wildman–Crippen LogP) is 1.67. The first-order valence-corrected chi connectivity index (χ1v) is 10.3. The predicted molar refractivity (Wildman–Crippen MR) is 131 cm³/mol. The van der Waals surface area contributed by atoms with Gasteiger partial charge in [-0.3, -0.25) is 9.48 Å². The molecule has 0 amide bonds. The first-order chi connectivity index (χ1) is 14.8. The number of nitrogens with zero attached hydrogens (tertiary/aromatic N) is 2. The lowest BCUT2D eigenvalue weighted by molar-refractivity contribution is 0.104. The highest BCUT2D eigenvalue weighted by molar-refractivity contribution is 6.27. The van der Waals surface area contributed by atoms with Crippen molar-refractivity contribution in [2.75, 3.05) is 51.3 Å². The summed E-state index contributed by atoms with van der Waals surface area (Å²) in [6.45, 7) is 3.93. The summed E-state index contributed by atoms with van der Waals surface area (Å²) in [5.74, 6) is 0.00692. The van der Waals surface area contributed by atoms with E-state index in [9.17, 15) is 4.79 Å². The molecule has 0 saturated carbocycles. The summed E-state index contributed by atoms with van der Waals surface area (Å²) in [5, 5.41) is 33.3. The summed E-state index contributed by atoms with van der Waals surface area (Å²) in [6, 6.07) is 11.6. The zero-order chi connectivity index (χ0) is 20.9. The maximum atomic E-state index is 13.4. The molecule has 0 radical (unpaired) electrons. The normalized spacial score (nSPS) is 11.6. The summed E-state index contributed by atoms with van der Waals surface area (Å²) in [7, 11) is 0. The molecule has 0 atom stereocenters. The van der Waals surface area contributed by atoms with Gasteiger partial charge in [-0.15, -0.1) is 24.8 Å². The fourth-order valence-corrected chi connectivity index (χ4v) is 3.91. The van der Waals surface area contributed by atoms with Gasteiger partial charge in [0.1, 0.15) is 5.69 Å². The number of aliphatic hydroxyl groups is 2. The number of rotatable bonds is 11. The Morgan fingerprint density at radius 3 is 2.25 bits per heavy atom. The number of hydrogen-bond donors (Lipinski definition) is 5. The molecule has 4 rings (SSSR count). The molecule has 0 spiro atoms. The van der Waals surface area contributed by atoms with Crippen molar-refractivity contribution >= 4 is 47.2 Å². The summed E-state index contributed by atoms with van der Waals surface area (Å²) >= 11 is 0. The number of nitrogens with one attached hydrogen (secondary N) is 3. The molecule has 0 aliphatic heterocycles. The van der Waals surface area contributed by atoms with Gasteiger partial charge in [0.05, 0.1) is 30.8 Å². The average molecular weight is 482 g/mol. The molecular weight excluding hydrogens is 453 g/mol. The third-order valence-corrected chi connectivity index (χ3v) is 5.27. The number of aliphatic hydroxyl groups excluding tert-OH is 2. The van der Waals surface area contributed by atoms with Crippen LogP contribution in [0, 0.1) is 0 Å². The second-order valence-electron chi connectivity index (χ2n) is 7.20. The van der Waals surface area contributed by atoms with Crippen LogP contribution in [0.2, 0.25) is 0 Å². The summed E-state index contributed by atoms with van der Waals surface area (Å²) in [4.78, 5) is 13.4. The molecule has 32 heavy (non-hydrogen) atoms. The van der Waals surface area contributed by atoms with Gasteiger partial charge in [0.25, 0.3) is 0 Å². The molecule has 10 heteroatoms. The van der Waals surface area contributed by atoms with Gasteiger partial charge in [-0.2, -0.15) is 5.10 Å². The highest BCUT2D eigenvalue weighted by Crippen LogP contribution is 2.41. The highest BCUT2D eigenvalue weighted by Gasteiger charge is 2.30. The monoisotopic (exact) mass is 481 g/mol. The van der Waals surface area contributed by atoms with Crippen molar-refractivity contribution in [3.63, 3.8) is 0 Å². The van der Waals surface area contributed by atoms with E-state index in [4.69, 9.17) is 15.3 Å². The van der Waals surface area contributed by atoms with Gasteiger partial charge in [0, 0.05) is 54.9 Å². The molecule has 1 aliphatic rings. The SMILES string of the molecule is Cl.Cl.O=C1c2ccccc2-c2nn(CCNCCO)c3ccc(NCCNCCO)c1c23. The molecule has 2 aromatic carbocycles. The minimum absolute atomic E-state index is 0. The van der Waals surface area contributed by atoms with Crippen molar-refractivity contribution in [2.24, 2.45) is 0 Å². The van der Waals surface area contributed by atoms with Crippen LogP contribution in [0.4, 0.5) is 5.69 Å². The number of hydrogen-bond acceptors (Lipinski definition) is 7. The molecule has 174 valence electrons. The minimum atomic E-state index is 0. The van der Waals surface area contributed by atoms with Gasteiger partial charge in [-0.05, 0) is 12.1 Å². The van der Waals surface area contributed by atoms with E-state index < -0.39 is 0 Å². The van der Waals surface area contributed by atoms with Crippen LogP contribution in [0.25, 0.3) is 22.2 Å². The van der Waals surface area contributed by atoms with Crippen LogP contribution >= 0.6 is 24.8 Å². The zero-order valence-electron chi connectivity index (χ0n) is 17.6. The molecule has 0 saturated heterocycles. The van der Waals surface area contributed by atoms with E-state index in [1.54, 1.807) is 0 Å². The van der Waals surface area contributed by atoms with Crippen molar-refractivity contribution in [3.05, 3.63) is 47.5 Å². The number of anilines is 1. The van der Waals surface area contributed by atoms with E-state index in [0.717, 1.165) is 27.8 Å². The Hall–Kier alpha value is -2.20. The van der Waals surface area contributed by atoms with Crippen LogP contribution in [-0.2, 0) is 6.54 Å². The molecule has 0 bridgehead atoms. The molecule has 0 unspecified atom stereocenters. The smallest absolute Gasteiger partial charge is 0.196 e. The number of aromatic nitrogens is 2. The number of fused-ring (bicyclic) bond motifs is 2. The topological polar surface area (TPSA) is 111 Å². The molecule has 3 aromatic rings. The Morgan fingerprint density at radius 1 is 0.844 bits per heavy atom. The van der Waals surface area contributed by atoms with E-state index in [-0.39, 0.29) is 43.8 Å². The van der Waals surface area contributed by atoms with E-state index in [2.05, 4.69) is 16.0 Å². The maximum absolute atomic E-state index is 13.4. The van der Waals surface area contributed by atoms with Crippen molar-refractivity contribution < 1.29 is 15.0 Å². The fourth-order valence-electron chi connectivity index (χ4n) is 3.91. The van der Waals surface area contributed by atoms with Gasteiger partial charge in [-0.25, -0.2) is 0 Å². The van der Waals surface area contributed by atoms with Crippen LogP contribution in [0.5, 0.6) is 0 Å². The van der Waals surface area contributed by atoms with Crippen LogP contribution in [0.15, 0.2) is 36.4 Å². The number of carbonyl (C=O) groups excluding carboxylic acids is 1. The highest BCUT2D eigenvalue weighted by atomic mass is 35.5. The first kappa shape index (κ1) is 26.1. The molecule has 1 aromatic heterocycles. The second kappa shape index (κ2) is 12.2. The van der Waals surface area contributed by atoms with Gasteiger partial charge in [0.2, 0.25) is 0 Å². The third kappa shape index (κ3) is 5.06. The Labute approximate surface area is 199 Å². The summed E-state index contributed by atoms with van der Waals surface area (Å²) in [6.07, 6.45) is 0. The zero-order valence-corrected chi connectivity index (χ0v) is 19.3. The Bertz CT molecular complexity index is 1060. The van der Waals surface area contributed by atoms with Gasteiger partial charge >= 0.3 is 0 Å². The van der Waals surface area contributed by atoms with Gasteiger partial charge in [-0.1, -0.05) is 24.3 Å². The van der Waals surface area contributed by atoms with Crippen molar-refractivity contribution in [1.29, 1.82) is 0 Å². The molecule has 1 aliphatic carbocycles. The minimum Gasteiger partial charge on any atom is -0.395 e. The van der Waals surface area contributed by atoms with Crippen LogP contribution in [-0.4, -0.2) is 71.7 Å². The molecule has 1 heterocycles. The van der Waals surface area contributed by atoms with E-state index >= 15 is 0 Å². The van der Waals surface area contributed by atoms with Gasteiger partial charge in [0.15, 0.2) is 5.78 Å². The van der Waals surface area contributed by atoms with Gasteiger partial charge < -0.3 is 26.2 Å². The average Bonchev–Trinajstić information content (AvgIpc) is 3.14. The van der Waals surface area contributed by atoms with Crippen LogP contribution in [0.3, 0.4) is 0 Å². The first-order valence-electron chi connectivity index (χ1n) is 10.3. The largest absolute Gasteiger partial charge is 0.395 e. The third-order valence-electron chi connectivity index (χ3n) is 5.27. The van der Waals surface area contributed by atoms with E-state index in [1.807, 2.05) is 41.1 Å². The van der Waals surface area contributed by atoms with E-state index in [1.165, 1.54) is 0 Å². The molecule has 0 fully saturated rings. The van der Waals surface area contributed by atoms with Crippen molar-refractivity contribution in [3.8, 4) is 11.3 Å². The fraction of sp³-hybridized carbons (Fsp3) is 0.364. The van der Waals surface area contributed by atoms with Crippen LogP contribution < -0.4 is 16.0 Å². The van der Waals surface area contributed by atoms with Crippen LogP contribution in [0.1, 0.15) is 15.9 Å². The lowest BCUT2D eigenvalue weighted by Gasteiger charge is -2.18. The number of carbonyl (C=O) groups is 1. The van der Waals surface area contributed by atoms with Crippen molar-refractivity contribution in [2.45, 2.75) is 6.54 Å².